The van der Waals surface area contributed by atoms with Gasteiger partial charge in [-0.25, -0.2) is 4.79 Å². The van der Waals surface area contributed by atoms with Gasteiger partial charge in [0.05, 0.1) is 12.2 Å². The summed E-state index contributed by atoms with van der Waals surface area (Å²) < 4.78 is 5.03. The summed E-state index contributed by atoms with van der Waals surface area (Å²) in [5.41, 5.74) is 6.61. The van der Waals surface area contributed by atoms with Crippen LogP contribution in [0, 0.1) is 6.92 Å². The predicted octanol–water partition coefficient (Wildman–Crippen LogP) is 4.98. The molecule has 164 valence electrons. The number of hydrogen-bond acceptors (Lipinski definition) is 4. The fraction of sp³-hybridized carbons (Fsp3) is 0.259. The zero-order valence-corrected chi connectivity index (χ0v) is 18.6. The molecule has 0 bridgehead atoms. The van der Waals surface area contributed by atoms with Crippen LogP contribution in [0.5, 0.6) is 0 Å². The second-order valence-electron chi connectivity index (χ2n) is 8.13. The van der Waals surface area contributed by atoms with Crippen LogP contribution in [0.15, 0.2) is 66.7 Å². The fourth-order valence-electron chi connectivity index (χ4n) is 4.05. The number of carbonyl (C=O) groups is 2. The number of rotatable bonds is 6. The van der Waals surface area contributed by atoms with E-state index in [4.69, 9.17) is 4.74 Å². The third-order valence-corrected chi connectivity index (χ3v) is 5.82. The number of fused-ring (bicyclic) bond motifs is 1. The Hall–Kier alpha value is -3.44. The van der Waals surface area contributed by atoms with Crippen molar-refractivity contribution in [3.8, 4) is 0 Å². The van der Waals surface area contributed by atoms with E-state index in [1.54, 1.807) is 25.1 Å². The van der Waals surface area contributed by atoms with Crippen LogP contribution >= 0.6 is 0 Å². The van der Waals surface area contributed by atoms with Gasteiger partial charge >= 0.3 is 5.97 Å². The van der Waals surface area contributed by atoms with Gasteiger partial charge in [0.15, 0.2) is 0 Å². The minimum Gasteiger partial charge on any atom is -0.462 e. The van der Waals surface area contributed by atoms with Crippen LogP contribution in [0.3, 0.4) is 0 Å². The maximum absolute atomic E-state index is 12.7. The molecule has 0 fully saturated rings. The fourth-order valence-corrected chi connectivity index (χ4v) is 4.05. The Labute approximate surface area is 189 Å². The van der Waals surface area contributed by atoms with Gasteiger partial charge in [-0.3, -0.25) is 9.69 Å². The zero-order valence-electron chi connectivity index (χ0n) is 18.6. The van der Waals surface area contributed by atoms with Gasteiger partial charge < -0.3 is 10.1 Å². The molecule has 0 atom stereocenters. The average Bonchev–Trinajstić information content (AvgIpc) is 2.81. The van der Waals surface area contributed by atoms with Crippen molar-refractivity contribution < 1.29 is 14.3 Å². The summed E-state index contributed by atoms with van der Waals surface area (Å²) >= 11 is 0. The van der Waals surface area contributed by atoms with Crippen LogP contribution in [0.25, 0.3) is 0 Å². The first kappa shape index (κ1) is 21.8. The quantitative estimate of drug-likeness (QED) is 0.563. The van der Waals surface area contributed by atoms with Crippen molar-refractivity contribution in [1.29, 1.82) is 0 Å². The van der Waals surface area contributed by atoms with E-state index in [1.165, 1.54) is 16.7 Å². The Bertz CT molecular complexity index is 1120. The summed E-state index contributed by atoms with van der Waals surface area (Å²) in [5, 5.41) is 2.94. The van der Waals surface area contributed by atoms with Gasteiger partial charge in [0.2, 0.25) is 0 Å². The van der Waals surface area contributed by atoms with Gasteiger partial charge in [-0.15, -0.1) is 0 Å². The van der Waals surface area contributed by atoms with Gasteiger partial charge in [-0.2, -0.15) is 0 Å². The molecule has 32 heavy (non-hydrogen) atoms. The molecule has 3 aromatic carbocycles. The highest BCUT2D eigenvalue weighted by Crippen LogP contribution is 2.21. The molecule has 1 aliphatic rings. The topological polar surface area (TPSA) is 58.6 Å². The molecule has 0 saturated heterocycles. The summed E-state index contributed by atoms with van der Waals surface area (Å²) in [6, 6.07) is 21.5. The lowest BCUT2D eigenvalue weighted by Gasteiger charge is -2.28. The Balaban J connectivity index is 1.37. The number of amides is 1. The van der Waals surface area contributed by atoms with E-state index < -0.39 is 0 Å². The SMILES string of the molecule is CCOC(=O)c1ccc(NC(=O)c2ccc(CN3CCc4ccccc4C3)cc2)c(C)c1. The molecule has 1 amide bonds. The maximum atomic E-state index is 12.7. The van der Waals surface area contributed by atoms with Crippen molar-refractivity contribution >= 4 is 17.6 Å². The van der Waals surface area contributed by atoms with Crippen LogP contribution in [-0.4, -0.2) is 29.9 Å². The molecule has 5 nitrogen and oxygen atoms in total. The number of hydrogen-bond donors (Lipinski definition) is 1. The normalized spacial score (nSPS) is 13.3. The molecule has 1 aliphatic heterocycles. The van der Waals surface area contributed by atoms with Gasteiger partial charge in [0.1, 0.15) is 0 Å². The first-order chi connectivity index (χ1) is 15.5. The number of benzene rings is 3. The van der Waals surface area contributed by atoms with Crippen LogP contribution in [0.2, 0.25) is 0 Å². The van der Waals surface area contributed by atoms with Crippen molar-refractivity contribution in [1.82, 2.24) is 4.90 Å². The van der Waals surface area contributed by atoms with E-state index in [1.807, 2.05) is 31.2 Å². The van der Waals surface area contributed by atoms with Crippen LogP contribution in [-0.2, 0) is 24.2 Å². The molecular weight excluding hydrogens is 400 g/mol. The molecule has 0 radical (unpaired) electrons. The Morgan fingerprint density at radius 3 is 2.41 bits per heavy atom. The molecule has 0 saturated carbocycles. The van der Waals surface area contributed by atoms with Gasteiger partial charge in [-0.05, 0) is 72.9 Å². The first-order valence-corrected chi connectivity index (χ1v) is 11.0. The molecule has 0 aromatic heterocycles. The highest BCUT2D eigenvalue weighted by molar-refractivity contribution is 6.05. The minimum absolute atomic E-state index is 0.171. The predicted molar refractivity (Wildman–Crippen MR) is 126 cm³/mol. The smallest absolute Gasteiger partial charge is 0.338 e. The van der Waals surface area contributed by atoms with E-state index >= 15 is 0 Å². The van der Waals surface area contributed by atoms with E-state index in [0.29, 0.717) is 23.4 Å². The molecule has 0 spiro atoms. The van der Waals surface area contributed by atoms with E-state index in [9.17, 15) is 9.59 Å². The summed E-state index contributed by atoms with van der Waals surface area (Å²) in [4.78, 5) is 27.0. The number of aryl methyl sites for hydroxylation is 1. The number of ether oxygens (including phenoxy) is 1. The van der Waals surface area contributed by atoms with Crippen molar-refractivity contribution in [3.63, 3.8) is 0 Å². The van der Waals surface area contributed by atoms with Crippen molar-refractivity contribution in [2.45, 2.75) is 33.4 Å². The van der Waals surface area contributed by atoms with Gasteiger partial charge in [-0.1, -0.05) is 36.4 Å². The number of nitrogens with zero attached hydrogens (tertiary/aromatic N) is 1. The molecule has 0 aliphatic carbocycles. The lowest BCUT2D eigenvalue weighted by Crippen LogP contribution is -2.29. The second kappa shape index (κ2) is 9.79. The second-order valence-corrected chi connectivity index (χ2v) is 8.13. The lowest BCUT2D eigenvalue weighted by atomic mass is 9.99. The van der Waals surface area contributed by atoms with E-state index in [0.717, 1.165) is 31.6 Å². The standard InChI is InChI=1S/C27H28N2O3/c1-3-32-27(31)23-12-13-25(19(2)16-23)28-26(30)22-10-8-20(9-11-22)17-29-15-14-21-6-4-5-7-24(21)18-29/h4-13,16H,3,14-15,17-18H2,1-2H3,(H,28,30). The molecule has 3 aromatic rings. The molecule has 4 rings (SSSR count). The Morgan fingerprint density at radius 1 is 0.969 bits per heavy atom. The minimum atomic E-state index is -0.360. The van der Waals surface area contributed by atoms with Crippen molar-refractivity contribution in [2.75, 3.05) is 18.5 Å². The number of esters is 1. The van der Waals surface area contributed by atoms with Crippen molar-refractivity contribution in [3.05, 3.63) is 100 Å². The monoisotopic (exact) mass is 428 g/mol. The van der Waals surface area contributed by atoms with Crippen LogP contribution in [0.4, 0.5) is 5.69 Å². The third-order valence-electron chi connectivity index (χ3n) is 5.82. The van der Waals surface area contributed by atoms with E-state index in [-0.39, 0.29) is 11.9 Å². The highest BCUT2D eigenvalue weighted by atomic mass is 16.5. The summed E-state index contributed by atoms with van der Waals surface area (Å²) in [6.45, 7) is 6.83. The average molecular weight is 429 g/mol. The lowest BCUT2D eigenvalue weighted by molar-refractivity contribution is 0.0526. The molecule has 1 heterocycles. The molecule has 5 heteroatoms. The maximum Gasteiger partial charge on any atom is 0.338 e. The molecular formula is C27H28N2O3. The highest BCUT2D eigenvalue weighted by Gasteiger charge is 2.16. The number of nitrogens with one attached hydrogen (secondary N) is 1. The molecule has 1 N–H and O–H groups in total. The Morgan fingerprint density at radius 2 is 1.69 bits per heavy atom. The van der Waals surface area contributed by atoms with Gasteiger partial charge in [0.25, 0.3) is 5.91 Å². The van der Waals surface area contributed by atoms with E-state index in [2.05, 4.69) is 34.5 Å². The summed E-state index contributed by atoms with van der Waals surface area (Å²) in [7, 11) is 0. The largest absolute Gasteiger partial charge is 0.462 e. The summed E-state index contributed by atoms with van der Waals surface area (Å²) in [6.07, 6.45) is 1.07. The van der Waals surface area contributed by atoms with Crippen molar-refractivity contribution in [2.24, 2.45) is 0 Å². The Kier molecular flexibility index (Phi) is 6.66. The number of anilines is 1. The number of carbonyl (C=O) groups excluding carboxylic acids is 2. The first-order valence-electron chi connectivity index (χ1n) is 11.0. The third kappa shape index (κ3) is 5.06. The summed E-state index contributed by atoms with van der Waals surface area (Å²) in [5.74, 6) is -0.531. The zero-order chi connectivity index (χ0) is 22.5. The van der Waals surface area contributed by atoms with Gasteiger partial charge in [0, 0.05) is 30.9 Å². The molecule has 0 unspecified atom stereocenters. The van der Waals surface area contributed by atoms with Crippen LogP contribution in [0.1, 0.15) is 49.9 Å². The van der Waals surface area contributed by atoms with Crippen LogP contribution < -0.4 is 5.32 Å².